The van der Waals surface area contributed by atoms with Gasteiger partial charge in [0, 0.05) is 31.8 Å². The number of ether oxygens (including phenoxy) is 6. The predicted molar refractivity (Wildman–Crippen MR) is 140 cm³/mol. The fourth-order valence-corrected chi connectivity index (χ4v) is 3.80. The van der Waals surface area contributed by atoms with Crippen molar-refractivity contribution >= 4 is 17.9 Å². The second-order valence-corrected chi connectivity index (χ2v) is 8.08. The molecule has 0 aromatic heterocycles. The van der Waals surface area contributed by atoms with Gasteiger partial charge in [-0.15, -0.1) is 0 Å². The van der Waals surface area contributed by atoms with Crippen LogP contribution in [0.4, 0.5) is 0 Å². The first-order valence-electron chi connectivity index (χ1n) is 11.9. The highest BCUT2D eigenvalue weighted by Gasteiger charge is 2.12. The van der Waals surface area contributed by atoms with E-state index in [4.69, 9.17) is 28.4 Å². The van der Waals surface area contributed by atoms with Crippen molar-refractivity contribution in [3.63, 3.8) is 0 Å². The van der Waals surface area contributed by atoms with Gasteiger partial charge in [-0.1, -0.05) is 12.1 Å². The summed E-state index contributed by atoms with van der Waals surface area (Å²) < 4.78 is 32.9. The minimum atomic E-state index is -0.183. The van der Waals surface area contributed by atoms with Crippen LogP contribution in [0.2, 0.25) is 0 Å². The minimum Gasteiger partial charge on any atom is -0.496 e. The van der Waals surface area contributed by atoms with E-state index in [1.807, 2.05) is 18.2 Å². The molecule has 0 bridgehead atoms. The molecule has 1 fully saturated rings. The molecule has 0 saturated carbocycles. The highest BCUT2D eigenvalue weighted by atomic mass is 16.5. The van der Waals surface area contributed by atoms with E-state index < -0.39 is 0 Å². The first-order chi connectivity index (χ1) is 17.6. The van der Waals surface area contributed by atoms with Gasteiger partial charge < -0.3 is 28.4 Å². The van der Waals surface area contributed by atoms with Crippen molar-refractivity contribution in [2.45, 2.75) is 6.42 Å². The van der Waals surface area contributed by atoms with Crippen molar-refractivity contribution in [3.05, 3.63) is 53.6 Å². The molecule has 0 atom stereocenters. The second kappa shape index (κ2) is 14.2. The summed E-state index contributed by atoms with van der Waals surface area (Å²) in [6.07, 6.45) is 7.29. The summed E-state index contributed by atoms with van der Waals surface area (Å²) in [6, 6.07) is 9.08. The summed E-state index contributed by atoms with van der Waals surface area (Å²) in [7, 11) is 6.28. The molecule has 2 aromatic carbocycles. The quantitative estimate of drug-likeness (QED) is 0.302. The van der Waals surface area contributed by atoms with Crippen LogP contribution in [0, 0.1) is 0 Å². The van der Waals surface area contributed by atoms with Crippen molar-refractivity contribution in [2.24, 2.45) is 0 Å². The number of allylic oxidation sites excluding steroid dienone is 2. The van der Waals surface area contributed by atoms with Crippen LogP contribution in [0.15, 0.2) is 42.5 Å². The second-order valence-electron chi connectivity index (χ2n) is 8.08. The zero-order valence-electron chi connectivity index (χ0n) is 21.5. The van der Waals surface area contributed by atoms with Gasteiger partial charge in [-0.3, -0.25) is 9.69 Å². The number of carbonyl (C=O) groups is 1. The van der Waals surface area contributed by atoms with Crippen molar-refractivity contribution < 1.29 is 33.2 Å². The first-order valence-corrected chi connectivity index (χ1v) is 11.9. The van der Waals surface area contributed by atoms with Gasteiger partial charge in [0.15, 0.2) is 17.3 Å². The maximum atomic E-state index is 12.5. The summed E-state index contributed by atoms with van der Waals surface area (Å²) in [5.74, 6) is 2.82. The van der Waals surface area contributed by atoms with Crippen LogP contribution in [-0.4, -0.2) is 78.6 Å². The number of carbonyl (C=O) groups excluding carboxylic acids is 1. The zero-order chi connectivity index (χ0) is 25.8. The lowest BCUT2D eigenvalue weighted by molar-refractivity contribution is -0.110. The molecule has 1 aliphatic heterocycles. The summed E-state index contributed by atoms with van der Waals surface area (Å²) in [5, 5.41) is 0. The molecule has 1 aliphatic rings. The Bertz CT molecular complexity index is 1030. The van der Waals surface area contributed by atoms with Gasteiger partial charge in [0.2, 0.25) is 0 Å². The molecule has 1 saturated heterocycles. The van der Waals surface area contributed by atoms with Crippen LogP contribution in [-0.2, 0) is 9.53 Å². The summed E-state index contributed by atoms with van der Waals surface area (Å²) in [4.78, 5) is 14.9. The number of ketones is 1. The standard InChI is InChI=1S/C28H35NO7/c1-31-23-19-26(32-2)24(27(20-23)33-3)10-9-22(30)8-6-21-7-11-25(28(18-21)34-4)36-15-5-12-29-13-16-35-17-14-29/h6-11,18-20H,5,12-17H2,1-4H3/b8-6+,10-9+. The molecule has 1 heterocycles. The third-order valence-electron chi connectivity index (χ3n) is 5.78. The van der Waals surface area contributed by atoms with E-state index in [0.29, 0.717) is 40.9 Å². The molecule has 2 aromatic rings. The molecular weight excluding hydrogens is 462 g/mol. The summed E-state index contributed by atoms with van der Waals surface area (Å²) in [5.41, 5.74) is 1.48. The van der Waals surface area contributed by atoms with E-state index >= 15 is 0 Å². The Hall–Kier alpha value is -3.49. The molecule has 0 radical (unpaired) electrons. The molecule has 0 N–H and O–H groups in total. The van der Waals surface area contributed by atoms with Gasteiger partial charge >= 0.3 is 0 Å². The van der Waals surface area contributed by atoms with E-state index in [-0.39, 0.29) is 5.78 Å². The Morgan fingerprint density at radius 3 is 2.17 bits per heavy atom. The minimum absolute atomic E-state index is 0.183. The lowest BCUT2D eigenvalue weighted by Crippen LogP contribution is -2.37. The number of hydrogen-bond donors (Lipinski definition) is 0. The number of benzene rings is 2. The van der Waals surface area contributed by atoms with Crippen molar-refractivity contribution in [1.82, 2.24) is 4.90 Å². The van der Waals surface area contributed by atoms with Gasteiger partial charge in [-0.25, -0.2) is 0 Å². The fourth-order valence-electron chi connectivity index (χ4n) is 3.80. The van der Waals surface area contributed by atoms with Gasteiger partial charge in [0.05, 0.1) is 53.8 Å². The highest BCUT2D eigenvalue weighted by Crippen LogP contribution is 2.35. The Balaban J connectivity index is 1.59. The SMILES string of the molecule is COc1cc(OC)c(/C=C/C(=O)/C=C/c2ccc(OCCCN3CCOCC3)c(OC)c2)c(OC)c1. The Morgan fingerprint density at radius 2 is 1.53 bits per heavy atom. The first kappa shape index (κ1) is 27.1. The van der Waals surface area contributed by atoms with Gasteiger partial charge in [-0.05, 0) is 42.3 Å². The van der Waals surface area contributed by atoms with Gasteiger partial charge in [0.25, 0.3) is 0 Å². The average Bonchev–Trinajstić information content (AvgIpc) is 2.93. The monoisotopic (exact) mass is 497 g/mol. The smallest absolute Gasteiger partial charge is 0.178 e. The van der Waals surface area contributed by atoms with Gasteiger partial charge in [-0.2, -0.15) is 0 Å². The van der Waals surface area contributed by atoms with Crippen LogP contribution in [0.25, 0.3) is 12.2 Å². The molecule has 0 unspecified atom stereocenters. The van der Waals surface area contributed by atoms with Crippen molar-refractivity contribution in [3.8, 4) is 28.7 Å². The maximum absolute atomic E-state index is 12.5. The van der Waals surface area contributed by atoms with E-state index in [1.165, 1.54) is 12.2 Å². The summed E-state index contributed by atoms with van der Waals surface area (Å²) >= 11 is 0. The third-order valence-corrected chi connectivity index (χ3v) is 5.78. The molecule has 0 spiro atoms. The Morgan fingerprint density at radius 1 is 0.861 bits per heavy atom. The van der Waals surface area contributed by atoms with Crippen LogP contribution >= 0.6 is 0 Å². The molecule has 36 heavy (non-hydrogen) atoms. The van der Waals surface area contributed by atoms with E-state index in [1.54, 1.807) is 52.7 Å². The number of hydrogen-bond acceptors (Lipinski definition) is 8. The normalized spacial score (nSPS) is 14.2. The van der Waals surface area contributed by atoms with Crippen LogP contribution < -0.4 is 23.7 Å². The van der Waals surface area contributed by atoms with Gasteiger partial charge in [0.1, 0.15) is 17.2 Å². The fraction of sp³-hybridized carbons (Fsp3) is 0.393. The van der Waals surface area contributed by atoms with Crippen LogP contribution in [0.1, 0.15) is 17.5 Å². The van der Waals surface area contributed by atoms with E-state index in [9.17, 15) is 4.79 Å². The number of methoxy groups -OCH3 is 4. The van der Waals surface area contributed by atoms with E-state index in [2.05, 4.69) is 4.90 Å². The molecule has 0 amide bonds. The van der Waals surface area contributed by atoms with Crippen molar-refractivity contribution in [1.29, 1.82) is 0 Å². The zero-order valence-corrected chi connectivity index (χ0v) is 21.5. The largest absolute Gasteiger partial charge is 0.496 e. The predicted octanol–water partition coefficient (Wildman–Crippen LogP) is 4.12. The number of nitrogens with zero attached hydrogens (tertiary/aromatic N) is 1. The molecule has 8 nitrogen and oxygen atoms in total. The van der Waals surface area contributed by atoms with Crippen LogP contribution in [0.3, 0.4) is 0 Å². The average molecular weight is 498 g/mol. The molecule has 3 rings (SSSR count). The number of morpholine rings is 1. The molecule has 8 heteroatoms. The topological polar surface area (TPSA) is 75.7 Å². The number of rotatable bonds is 13. The van der Waals surface area contributed by atoms with Crippen LogP contribution in [0.5, 0.6) is 28.7 Å². The maximum Gasteiger partial charge on any atom is 0.178 e. The Kier molecular flexibility index (Phi) is 10.7. The Labute approximate surface area is 213 Å². The highest BCUT2D eigenvalue weighted by molar-refractivity contribution is 6.04. The van der Waals surface area contributed by atoms with E-state index in [0.717, 1.165) is 44.8 Å². The lowest BCUT2D eigenvalue weighted by Gasteiger charge is -2.26. The summed E-state index contributed by atoms with van der Waals surface area (Å²) in [6.45, 7) is 5.12. The lowest BCUT2D eigenvalue weighted by atomic mass is 10.1. The molecular formula is C28H35NO7. The molecule has 0 aliphatic carbocycles. The third kappa shape index (κ3) is 7.76. The molecule has 194 valence electrons. The van der Waals surface area contributed by atoms with Crippen molar-refractivity contribution in [2.75, 3.05) is 67.9 Å².